The summed E-state index contributed by atoms with van der Waals surface area (Å²) in [5, 5.41) is 2.16. The van der Waals surface area contributed by atoms with Gasteiger partial charge in [0.15, 0.2) is 11.6 Å². The third-order valence-electron chi connectivity index (χ3n) is 2.19. The van der Waals surface area contributed by atoms with Gasteiger partial charge in [-0.15, -0.1) is 0 Å². The van der Waals surface area contributed by atoms with Crippen molar-refractivity contribution in [3.8, 4) is 0 Å². The van der Waals surface area contributed by atoms with Crippen molar-refractivity contribution in [3.63, 3.8) is 0 Å². The van der Waals surface area contributed by atoms with E-state index in [0.717, 1.165) is 18.6 Å². The number of benzene rings is 1. The Balaban J connectivity index is 2.85. The van der Waals surface area contributed by atoms with Gasteiger partial charge in [0.2, 0.25) is 5.91 Å². The Morgan fingerprint density at radius 1 is 1.47 bits per heavy atom. The van der Waals surface area contributed by atoms with Crippen LogP contribution in [0.25, 0.3) is 0 Å². The Labute approximate surface area is 107 Å². The summed E-state index contributed by atoms with van der Waals surface area (Å²) in [6.45, 7) is 1.87. The lowest BCUT2D eigenvalue weighted by Gasteiger charge is -2.12. The van der Waals surface area contributed by atoms with Crippen LogP contribution < -0.4 is 11.1 Å². The summed E-state index contributed by atoms with van der Waals surface area (Å²) in [4.78, 5) is 11.5. The van der Waals surface area contributed by atoms with Gasteiger partial charge in [-0.2, -0.15) is 0 Å². The normalized spacial score (nSPS) is 12.3. The highest BCUT2D eigenvalue weighted by Gasteiger charge is 2.17. The van der Waals surface area contributed by atoms with E-state index >= 15 is 0 Å². The minimum atomic E-state index is -0.839. The molecule has 0 spiro atoms. The maximum Gasteiger partial charge on any atom is 0.241 e. The topological polar surface area (TPSA) is 55.1 Å². The van der Waals surface area contributed by atoms with Crippen LogP contribution in [0.1, 0.15) is 19.8 Å². The monoisotopic (exact) mass is 306 g/mol. The third-order valence-corrected chi connectivity index (χ3v) is 2.65. The van der Waals surface area contributed by atoms with Crippen molar-refractivity contribution in [2.45, 2.75) is 25.8 Å². The predicted octanol–water partition coefficient (Wildman–Crippen LogP) is 2.79. The van der Waals surface area contributed by atoms with Gasteiger partial charge in [0.05, 0.1) is 6.04 Å². The van der Waals surface area contributed by atoms with Gasteiger partial charge in [-0.3, -0.25) is 4.79 Å². The van der Waals surface area contributed by atoms with Gasteiger partial charge in [-0.05, 0) is 18.6 Å². The fraction of sp³-hybridized carbons (Fsp3) is 0.364. The second kappa shape index (κ2) is 6.07. The van der Waals surface area contributed by atoms with Gasteiger partial charge in [0.1, 0.15) is 5.69 Å². The average Bonchev–Trinajstić information content (AvgIpc) is 2.23. The lowest BCUT2D eigenvalue weighted by molar-refractivity contribution is -0.117. The highest BCUT2D eigenvalue weighted by Crippen LogP contribution is 2.23. The number of hydrogen-bond donors (Lipinski definition) is 2. The molecule has 94 valence electrons. The van der Waals surface area contributed by atoms with E-state index < -0.39 is 29.3 Å². The molecule has 0 aliphatic carbocycles. The highest BCUT2D eigenvalue weighted by molar-refractivity contribution is 9.10. The Kier molecular flexibility index (Phi) is 5.02. The second-order valence-corrected chi connectivity index (χ2v) is 4.54. The maximum atomic E-state index is 13.4. The third kappa shape index (κ3) is 3.74. The van der Waals surface area contributed by atoms with Crippen molar-refractivity contribution in [2.75, 3.05) is 5.32 Å². The summed E-state index contributed by atoms with van der Waals surface area (Å²) in [7, 11) is 0. The molecular weight excluding hydrogens is 294 g/mol. The van der Waals surface area contributed by atoms with Crippen molar-refractivity contribution in [1.82, 2.24) is 0 Å². The van der Waals surface area contributed by atoms with Gasteiger partial charge < -0.3 is 11.1 Å². The maximum absolute atomic E-state index is 13.4. The minimum absolute atomic E-state index is 0.267. The van der Waals surface area contributed by atoms with E-state index in [-0.39, 0.29) is 4.47 Å². The Bertz CT molecular complexity index is 403. The van der Waals surface area contributed by atoms with Crippen molar-refractivity contribution >= 4 is 27.5 Å². The van der Waals surface area contributed by atoms with Crippen molar-refractivity contribution < 1.29 is 13.6 Å². The van der Waals surface area contributed by atoms with Crippen LogP contribution in [0.5, 0.6) is 0 Å². The molecule has 0 aliphatic heterocycles. The SMILES string of the molecule is CCC[C@H](N)C(=O)Nc1c(F)cc(Br)cc1F. The van der Waals surface area contributed by atoms with Crippen LogP contribution in [0.4, 0.5) is 14.5 Å². The first-order valence-electron chi connectivity index (χ1n) is 5.16. The first kappa shape index (κ1) is 14.1. The van der Waals surface area contributed by atoms with E-state index in [1.54, 1.807) is 0 Å². The molecule has 3 nitrogen and oxygen atoms in total. The van der Waals surface area contributed by atoms with E-state index in [0.29, 0.717) is 6.42 Å². The Morgan fingerprint density at radius 2 is 2.00 bits per heavy atom. The number of hydrogen-bond acceptors (Lipinski definition) is 2. The molecule has 1 rings (SSSR count). The fourth-order valence-corrected chi connectivity index (χ4v) is 1.72. The van der Waals surface area contributed by atoms with Crippen LogP contribution in [-0.2, 0) is 4.79 Å². The summed E-state index contributed by atoms with van der Waals surface area (Å²) < 4.78 is 27.1. The summed E-state index contributed by atoms with van der Waals surface area (Å²) >= 11 is 2.95. The number of nitrogens with two attached hydrogens (primary N) is 1. The summed E-state index contributed by atoms with van der Waals surface area (Å²) in [5.74, 6) is -2.27. The summed E-state index contributed by atoms with van der Waals surface area (Å²) in [5.41, 5.74) is 5.07. The molecular formula is C11H13BrF2N2O. The molecule has 0 saturated carbocycles. The van der Waals surface area contributed by atoms with Crippen LogP contribution in [0.2, 0.25) is 0 Å². The Morgan fingerprint density at radius 3 is 2.47 bits per heavy atom. The molecule has 1 atom stereocenters. The van der Waals surface area contributed by atoms with Crippen LogP contribution in [-0.4, -0.2) is 11.9 Å². The molecule has 0 aliphatic rings. The van der Waals surface area contributed by atoms with E-state index in [1.807, 2.05) is 6.92 Å². The van der Waals surface area contributed by atoms with Crippen LogP contribution >= 0.6 is 15.9 Å². The molecule has 0 aromatic heterocycles. The standard InChI is InChI=1S/C11H13BrF2N2O/c1-2-3-9(15)11(17)16-10-7(13)4-6(12)5-8(10)14/h4-5,9H,2-3,15H2,1H3,(H,16,17)/t9-/m0/s1. The summed E-state index contributed by atoms with van der Waals surface area (Å²) in [6, 6.07) is 1.39. The predicted molar refractivity (Wildman–Crippen MR) is 65.6 cm³/mol. The lowest BCUT2D eigenvalue weighted by atomic mass is 10.1. The van der Waals surface area contributed by atoms with Crippen molar-refractivity contribution in [3.05, 3.63) is 28.2 Å². The van der Waals surface area contributed by atoms with Crippen LogP contribution in [0, 0.1) is 11.6 Å². The quantitative estimate of drug-likeness (QED) is 0.898. The van der Waals surface area contributed by atoms with Gasteiger partial charge in [-0.1, -0.05) is 29.3 Å². The molecule has 0 saturated heterocycles. The zero-order chi connectivity index (χ0) is 13.0. The molecule has 1 aromatic rings. The molecule has 17 heavy (non-hydrogen) atoms. The number of anilines is 1. The molecule has 0 bridgehead atoms. The fourth-order valence-electron chi connectivity index (χ4n) is 1.32. The molecule has 1 aromatic carbocycles. The van der Waals surface area contributed by atoms with Gasteiger partial charge in [-0.25, -0.2) is 8.78 Å². The highest BCUT2D eigenvalue weighted by atomic mass is 79.9. The number of halogens is 3. The zero-order valence-electron chi connectivity index (χ0n) is 9.27. The number of carbonyl (C=O) groups excluding carboxylic acids is 1. The first-order chi connectivity index (χ1) is 7.95. The number of amides is 1. The molecule has 0 unspecified atom stereocenters. The second-order valence-electron chi connectivity index (χ2n) is 3.63. The largest absolute Gasteiger partial charge is 0.320 e. The van der Waals surface area contributed by atoms with Crippen LogP contribution in [0.3, 0.4) is 0 Å². The molecule has 1 amide bonds. The average molecular weight is 307 g/mol. The molecule has 0 fully saturated rings. The van der Waals surface area contributed by atoms with E-state index in [9.17, 15) is 13.6 Å². The Hall–Kier alpha value is -1.01. The van der Waals surface area contributed by atoms with E-state index in [2.05, 4.69) is 21.2 Å². The van der Waals surface area contributed by atoms with E-state index in [4.69, 9.17) is 5.73 Å². The molecule has 6 heteroatoms. The first-order valence-corrected chi connectivity index (χ1v) is 5.96. The number of carbonyl (C=O) groups is 1. The lowest BCUT2D eigenvalue weighted by Crippen LogP contribution is -2.35. The minimum Gasteiger partial charge on any atom is -0.320 e. The van der Waals surface area contributed by atoms with Crippen molar-refractivity contribution in [1.29, 1.82) is 0 Å². The van der Waals surface area contributed by atoms with Crippen molar-refractivity contribution in [2.24, 2.45) is 5.73 Å². The zero-order valence-corrected chi connectivity index (χ0v) is 10.9. The smallest absolute Gasteiger partial charge is 0.241 e. The van der Waals surface area contributed by atoms with Gasteiger partial charge in [0.25, 0.3) is 0 Å². The molecule has 3 N–H and O–H groups in total. The number of rotatable bonds is 4. The van der Waals surface area contributed by atoms with Gasteiger partial charge >= 0.3 is 0 Å². The van der Waals surface area contributed by atoms with Gasteiger partial charge in [0, 0.05) is 4.47 Å². The summed E-state index contributed by atoms with van der Waals surface area (Å²) in [6.07, 6.45) is 1.19. The molecule has 0 radical (unpaired) electrons. The number of nitrogens with one attached hydrogen (secondary N) is 1. The van der Waals surface area contributed by atoms with E-state index in [1.165, 1.54) is 0 Å². The molecule has 0 heterocycles. The van der Waals surface area contributed by atoms with Crippen LogP contribution in [0.15, 0.2) is 16.6 Å².